The number of Topliss-reactive ketones (excluding diaryl/α,β-unsaturated/α-hetero) is 2. The van der Waals surface area contributed by atoms with Crippen molar-refractivity contribution in [2.75, 3.05) is 13.1 Å². The van der Waals surface area contributed by atoms with E-state index in [1.165, 1.54) is 38.3 Å². The van der Waals surface area contributed by atoms with Gasteiger partial charge in [0.05, 0.1) is 0 Å². The highest BCUT2D eigenvalue weighted by molar-refractivity contribution is 6.01. The Morgan fingerprint density at radius 2 is 1.17 bits per heavy atom. The van der Waals surface area contributed by atoms with E-state index in [0.717, 1.165) is 44.9 Å². The van der Waals surface area contributed by atoms with Crippen molar-refractivity contribution >= 4 is 23.4 Å². The van der Waals surface area contributed by atoms with Crippen LogP contribution >= 0.6 is 0 Å². The van der Waals surface area contributed by atoms with Crippen LogP contribution < -0.4 is 15.5 Å². The SMILES string of the molecule is CCCCCCCCNC(=O)c1cc(OOO)cc(C(=O)CCCCCCCNC(=O)c2ccc(C(C)=O)cc2)c1. The van der Waals surface area contributed by atoms with E-state index >= 15 is 0 Å². The van der Waals surface area contributed by atoms with Crippen molar-refractivity contribution in [3.05, 3.63) is 64.7 Å². The molecular weight excluding hydrogens is 524 g/mol. The summed E-state index contributed by atoms with van der Waals surface area (Å²) in [5.74, 6) is -0.569. The molecule has 0 atom stereocenters. The van der Waals surface area contributed by atoms with Gasteiger partial charge in [-0.15, -0.1) is 0 Å². The van der Waals surface area contributed by atoms with Crippen molar-refractivity contribution < 1.29 is 34.4 Å². The van der Waals surface area contributed by atoms with Crippen molar-refractivity contribution in [2.45, 2.75) is 90.9 Å². The van der Waals surface area contributed by atoms with Gasteiger partial charge in [0.2, 0.25) is 0 Å². The van der Waals surface area contributed by atoms with E-state index in [1.807, 2.05) is 0 Å². The van der Waals surface area contributed by atoms with E-state index < -0.39 is 0 Å². The number of hydrogen-bond donors (Lipinski definition) is 3. The maximum absolute atomic E-state index is 12.8. The summed E-state index contributed by atoms with van der Waals surface area (Å²) >= 11 is 0. The van der Waals surface area contributed by atoms with E-state index in [9.17, 15) is 19.2 Å². The van der Waals surface area contributed by atoms with Crippen LogP contribution in [0.4, 0.5) is 0 Å². The Morgan fingerprint density at radius 1 is 0.659 bits per heavy atom. The van der Waals surface area contributed by atoms with Crippen molar-refractivity contribution in [2.24, 2.45) is 0 Å². The minimum atomic E-state index is -0.309. The summed E-state index contributed by atoms with van der Waals surface area (Å²) in [6, 6.07) is 11.0. The molecule has 0 saturated carbocycles. The Bertz CT molecular complexity index is 1120. The first-order valence-electron chi connectivity index (χ1n) is 14.7. The van der Waals surface area contributed by atoms with Gasteiger partial charge in [0, 0.05) is 41.8 Å². The van der Waals surface area contributed by atoms with Crippen molar-refractivity contribution in [3.8, 4) is 5.75 Å². The second kappa shape index (κ2) is 19.5. The lowest BCUT2D eigenvalue weighted by Gasteiger charge is -2.09. The highest BCUT2D eigenvalue weighted by Crippen LogP contribution is 2.20. The van der Waals surface area contributed by atoms with Gasteiger partial charge in [-0.05, 0) is 61.6 Å². The molecule has 0 saturated heterocycles. The quantitative estimate of drug-likeness (QED) is 0.0659. The van der Waals surface area contributed by atoms with Crippen molar-refractivity contribution in [3.63, 3.8) is 0 Å². The number of carbonyl (C=O) groups excluding carboxylic acids is 4. The Morgan fingerprint density at radius 3 is 1.76 bits per heavy atom. The predicted molar refractivity (Wildman–Crippen MR) is 157 cm³/mol. The maximum atomic E-state index is 12.8. The van der Waals surface area contributed by atoms with Crippen LogP contribution in [0, 0.1) is 0 Å². The molecule has 41 heavy (non-hydrogen) atoms. The first kappa shape index (κ1) is 33.6. The second-order valence-corrected chi connectivity index (χ2v) is 10.3. The van der Waals surface area contributed by atoms with Gasteiger partial charge in [-0.1, -0.05) is 70.4 Å². The lowest BCUT2D eigenvalue weighted by molar-refractivity contribution is -0.438. The van der Waals surface area contributed by atoms with Gasteiger partial charge in [-0.2, -0.15) is 0 Å². The molecule has 3 N–H and O–H groups in total. The molecule has 0 aliphatic heterocycles. The fraction of sp³-hybridized carbons (Fsp3) is 0.500. The summed E-state index contributed by atoms with van der Waals surface area (Å²) < 4.78 is 0. The second-order valence-electron chi connectivity index (χ2n) is 10.3. The van der Waals surface area contributed by atoms with Crippen LogP contribution in [0.2, 0.25) is 0 Å². The smallest absolute Gasteiger partial charge is 0.251 e. The molecule has 0 aliphatic carbocycles. The third kappa shape index (κ3) is 13.1. The number of carbonyl (C=O) groups is 4. The van der Waals surface area contributed by atoms with E-state index in [2.05, 4.69) is 27.5 Å². The number of hydrogen-bond acceptors (Lipinski definition) is 7. The molecule has 0 fully saturated rings. The number of rotatable bonds is 21. The summed E-state index contributed by atoms with van der Waals surface area (Å²) in [5.41, 5.74) is 1.69. The molecule has 0 heterocycles. The summed E-state index contributed by atoms with van der Waals surface area (Å²) in [6.07, 6.45) is 11.2. The van der Waals surface area contributed by atoms with E-state index in [1.54, 1.807) is 30.3 Å². The molecule has 0 aliphatic rings. The van der Waals surface area contributed by atoms with Crippen LogP contribution in [-0.4, -0.2) is 41.7 Å². The number of ketones is 2. The van der Waals surface area contributed by atoms with Gasteiger partial charge in [-0.3, -0.25) is 19.2 Å². The van der Waals surface area contributed by atoms with Crippen LogP contribution in [0.3, 0.4) is 0 Å². The van der Waals surface area contributed by atoms with Crippen LogP contribution in [0.5, 0.6) is 5.75 Å². The van der Waals surface area contributed by atoms with Crippen LogP contribution in [0.25, 0.3) is 0 Å². The summed E-state index contributed by atoms with van der Waals surface area (Å²) in [4.78, 5) is 53.7. The molecule has 0 unspecified atom stereocenters. The first-order chi connectivity index (χ1) is 19.8. The molecule has 0 radical (unpaired) electrons. The van der Waals surface area contributed by atoms with E-state index in [4.69, 9.17) is 5.26 Å². The average Bonchev–Trinajstić information content (AvgIpc) is 2.97. The lowest BCUT2D eigenvalue weighted by atomic mass is 10.0. The number of benzene rings is 2. The minimum absolute atomic E-state index is 0.0382. The largest absolute Gasteiger partial charge is 0.352 e. The molecule has 0 bridgehead atoms. The molecule has 0 aromatic heterocycles. The maximum Gasteiger partial charge on any atom is 0.251 e. The zero-order valence-electron chi connectivity index (χ0n) is 24.3. The highest BCUT2D eigenvalue weighted by atomic mass is 17.5. The first-order valence-corrected chi connectivity index (χ1v) is 14.7. The van der Waals surface area contributed by atoms with Gasteiger partial charge >= 0.3 is 0 Å². The van der Waals surface area contributed by atoms with Crippen molar-refractivity contribution in [1.82, 2.24) is 10.6 Å². The Labute approximate surface area is 242 Å². The summed E-state index contributed by atoms with van der Waals surface area (Å²) in [6.45, 7) is 4.76. The van der Waals surface area contributed by atoms with Crippen LogP contribution in [0.1, 0.15) is 132 Å². The predicted octanol–water partition coefficient (Wildman–Crippen LogP) is 6.72. The summed E-state index contributed by atoms with van der Waals surface area (Å²) in [7, 11) is 0. The Balaban J connectivity index is 1.69. The number of amides is 2. The van der Waals surface area contributed by atoms with Gasteiger partial charge < -0.3 is 15.5 Å². The topological polar surface area (TPSA) is 131 Å². The standard InChI is InChI=1S/C32H44N2O7/c1-3-4-5-6-9-12-20-34-32(38)28-21-27(22-29(23-28)40-41-39)30(36)14-11-8-7-10-13-19-33-31(37)26-17-15-25(16-18-26)24(2)35/h15-18,21-23,39H,3-14,19-20H2,1-2H3,(H,33,37)(H,34,38). The molecule has 224 valence electrons. The van der Waals surface area contributed by atoms with Crippen LogP contribution in [-0.2, 0) is 5.04 Å². The fourth-order valence-corrected chi connectivity index (χ4v) is 4.44. The van der Waals surface area contributed by atoms with Crippen molar-refractivity contribution in [1.29, 1.82) is 0 Å². The molecule has 2 rings (SSSR count). The number of nitrogens with one attached hydrogen (secondary N) is 2. The Hall–Kier alpha value is -3.56. The molecule has 9 nitrogen and oxygen atoms in total. The molecular formula is C32H44N2O7. The lowest BCUT2D eigenvalue weighted by Crippen LogP contribution is -2.24. The monoisotopic (exact) mass is 568 g/mol. The molecule has 2 amide bonds. The third-order valence-corrected chi connectivity index (χ3v) is 6.86. The normalized spacial score (nSPS) is 10.7. The van der Waals surface area contributed by atoms with Crippen LogP contribution in [0.15, 0.2) is 42.5 Å². The minimum Gasteiger partial charge on any atom is -0.352 e. The Kier molecular flexibility index (Phi) is 16.0. The molecule has 0 spiro atoms. The fourth-order valence-electron chi connectivity index (χ4n) is 4.44. The van der Waals surface area contributed by atoms with Gasteiger partial charge in [0.1, 0.15) is 0 Å². The highest BCUT2D eigenvalue weighted by Gasteiger charge is 2.14. The van der Waals surface area contributed by atoms with Gasteiger partial charge in [-0.25, -0.2) is 5.26 Å². The van der Waals surface area contributed by atoms with E-state index in [0.29, 0.717) is 42.6 Å². The molecule has 2 aromatic rings. The summed E-state index contributed by atoms with van der Waals surface area (Å²) in [5, 5.41) is 18.2. The molecule has 9 heteroatoms. The molecule has 2 aromatic carbocycles. The van der Waals surface area contributed by atoms with E-state index in [-0.39, 0.29) is 34.7 Å². The third-order valence-electron chi connectivity index (χ3n) is 6.86. The van der Waals surface area contributed by atoms with Gasteiger partial charge in [0.15, 0.2) is 17.3 Å². The average molecular weight is 569 g/mol. The number of unbranched alkanes of at least 4 members (excludes halogenated alkanes) is 9. The zero-order chi connectivity index (χ0) is 29.9. The zero-order valence-corrected chi connectivity index (χ0v) is 24.3. The van der Waals surface area contributed by atoms with Gasteiger partial charge in [0.25, 0.3) is 11.8 Å².